The number of likely N-dealkylation sites (tertiary alicyclic amines) is 1. The second kappa shape index (κ2) is 10.1. The standard InChI is InChI=1S/C26H30N4S/c1-3-30(4-2)24-11-9-20(10-12-24)25-19-31-26(28-25)21-13-15-29(16-14-21)18-23-8-6-5-7-22(23)17-27/h5-12,19,21H,3-4,13-16,18H2,1-2H3. The molecule has 0 spiro atoms. The van der Waals surface area contributed by atoms with E-state index in [1.54, 1.807) is 11.3 Å². The maximum atomic E-state index is 9.32. The molecule has 0 bridgehead atoms. The summed E-state index contributed by atoms with van der Waals surface area (Å²) in [5.74, 6) is 0.538. The molecule has 1 aromatic heterocycles. The Morgan fingerprint density at radius 2 is 1.77 bits per heavy atom. The third kappa shape index (κ3) is 4.98. The molecule has 0 atom stereocenters. The third-order valence-corrected chi connectivity index (χ3v) is 7.29. The van der Waals surface area contributed by atoms with Gasteiger partial charge in [0.25, 0.3) is 0 Å². The minimum atomic E-state index is 0.538. The highest BCUT2D eigenvalue weighted by molar-refractivity contribution is 7.10. The molecule has 5 heteroatoms. The first kappa shape index (κ1) is 21.5. The van der Waals surface area contributed by atoms with Gasteiger partial charge in [-0.15, -0.1) is 11.3 Å². The van der Waals surface area contributed by atoms with Gasteiger partial charge in [0.05, 0.1) is 22.3 Å². The van der Waals surface area contributed by atoms with Gasteiger partial charge in [0.1, 0.15) is 0 Å². The van der Waals surface area contributed by atoms with E-state index < -0.39 is 0 Å². The number of hydrogen-bond acceptors (Lipinski definition) is 5. The molecule has 160 valence electrons. The number of thiazole rings is 1. The van der Waals surface area contributed by atoms with Crippen LogP contribution < -0.4 is 4.90 Å². The maximum Gasteiger partial charge on any atom is 0.0995 e. The summed E-state index contributed by atoms with van der Waals surface area (Å²) in [5.41, 5.74) is 5.49. The highest BCUT2D eigenvalue weighted by Crippen LogP contribution is 2.33. The topological polar surface area (TPSA) is 43.2 Å². The van der Waals surface area contributed by atoms with E-state index in [1.807, 2.05) is 18.2 Å². The Labute approximate surface area is 189 Å². The average Bonchev–Trinajstić information content (AvgIpc) is 3.31. The molecule has 0 saturated carbocycles. The lowest BCUT2D eigenvalue weighted by Crippen LogP contribution is -2.32. The van der Waals surface area contributed by atoms with Gasteiger partial charge in [-0.1, -0.05) is 30.3 Å². The van der Waals surface area contributed by atoms with Crippen LogP contribution in [-0.4, -0.2) is 36.1 Å². The highest BCUT2D eigenvalue weighted by atomic mass is 32.1. The van der Waals surface area contributed by atoms with Crippen molar-refractivity contribution in [1.82, 2.24) is 9.88 Å². The fourth-order valence-corrected chi connectivity index (χ4v) is 5.39. The van der Waals surface area contributed by atoms with Gasteiger partial charge in [0.2, 0.25) is 0 Å². The molecule has 31 heavy (non-hydrogen) atoms. The van der Waals surface area contributed by atoms with Gasteiger partial charge in [-0.25, -0.2) is 4.98 Å². The fraction of sp³-hybridized carbons (Fsp3) is 0.385. The number of nitrogens with zero attached hydrogens (tertiary/aromatic N) is 4. The van der Waals surface area contributed by atoms with Crippen LogP contribution in [0.3, 0.4) is 0 Å². The minimum Gasteiger partial charge on any atom is -0.372 e. The zero-order chi connectivity index (χ0) is 21.6. The number of benzene rings is 2. The smallest absolute Gasteiger partial charge is 0.0995 e. The molecule has 4 rings (SSSR count). The molecule has 0 N–H and O–H groups in total. The minimum absolute atomic E-state index is 0.538. The Hall–Kier alpha value is -2.68. The van der Waals surface area contributed by atoms with Crippen molar-refractivity contribution in [1.29, 1.82) is 5.26 Å². The lowest BCUT2D eigenvalue weighted by atomic mass is 9.96. The van der Waals surface area contributed by atoms with E-state index in [9.17, 15) is 5.26 Å². The monoisotopic (exact) mass is 430 g/mol. The molecule has 2 aromatic carbocycles. The van der Waals surface area contributed by atoms with Crippen LogP contribution in [-0.2, 0) is 6.54 Å². The lowest BCUT2D eigenvalue weighted by molar-refractivity contribution is 0.204. The zero-order valence-corrected chi connectivity index (χ0v) is 19.2. The van der Waals surface area contributed by atoms with Crippen LogP contribution in [0.2, 0.25) is 0 Å². The molecular formula is C26H30N4S. The van der Waals surface area contributed by atoms with E-state index in [1.165, 1.54) is 16.3 Å². The second-order valence-electron chi connectivity index (χ2n) is 8.11. The molecule has 1 aliphatic heterocycles. The van der Waals surface area contributed by atoms with Crippen LogP contribution in [0.4, 0.5) is 5.69 Å². The summed E-state index contributed by atoms with van der Waals surface area (Å²) in [6, 6.07) is 19.1. The van der Waals surface area contributed by atoms with Crippen LogP contribution in [0.15, 0.2) is 53.9 Å². The molecule has 0 aliphatic carbocycles. The first-order chi connectivity index (χ1) is 15.2. The number of rotatable bonds is 7. The molecule has 4 nitrogen and oxygen atoms in total. The van der Waals surface area contributed by atoms with E-state index in [-0.39, 0.29) is 0 Å². The van der Waals surface area contributed by atoms with Crippen LogP contribution in [0.25, 0.3) is 11.3 Å². The summed E-state index contributed by atoms with van der Waals surface area (Å²) in [6.45, 7) is 9.40. The molecule has 1 aliphatic rings. The molecule has 0 unspecified atom stereocenters. The van der Waals surface area contributed by atoms with Crippen molar-refractivity contribution >= 4 is 17.0 Å². The molecular weight excluding hydrogens is 400 g/mol. The first-order valence-corrected chi connectivity index (χ1v) is 12.1. The normalized spacial score (nSPS) is 15.0. The zero-order valence-electron chi connectivity index (χ0n) is 18.4. The predicted octanol–water partition coefficient (Wildman–Crippen LogP) is 5.91. The average molecular weight is 431 g/mol. The number of piperidine rings is 1. The van der Waals surface area contributed by atoms with Crippen molar-refractivity contribution < 1.29 is 0 Å². The molecule has 0 amide bonds. The second-order valence-corrected chi connectivity index (χ2v) is 9.00. The summed E-state index contributed by atoms with van der Waals surface area (Å²) < 4.78 is 0. The summed E-state index contributed by atoms with van der Waals surface area (Å²) in [4.78, 5) is 9.82. The van der Waals surface area contributed by atoms with Crippen LogP contribution in [0, 0.1) is 11.3 Å². The molecule has 0 radical (unpaired) electrons. The number of hydrogen-bond donors (Lipinski definition) is 0. The van der Waals surface area contributed by atoms with Crippen molar-refractivity contribution in [3.8, 4) is 17.3 Å². The Balaban J connectivity index is 1.37. The Bertz CT molecular complexity index is 1020. The summed E-state index contributed by atoms with van der Waals surface area (Å²) >= 11 is 1.80. The van der Waals surface area contributed by atoms with Crippen LogP contribution in [0.1, 0.15) is 48.7 Å². The van der Waals surface area contributed by atoms with Gasteiger partial charge in [-0.3, -0.25) is 4.90 Å². The Kier molecular flexibility index (Phi) is 7.01. The number of aromatic nitrogens is 1. The van der Waals surface area contributed by atoms with Crippen LogP contribution in [0.5, 0.6) is 0 Å². The predicted molar refractivity (Wildman–Crippen MR) is 130 cm³/mol. The van der Waals surface area contributed by atoms with Gasteiger partial charge >= 0.3 is 0 Å². The first-order valence-electron chi connectivity index (χ1n) is 11.2. The molecule has 2 heterocycles. The van der Waals surface area contributed by atoms with Crippen molar-refractivity contribution in [3.63, 3.8) is 0 Å². The van der Waals surface area contributed by atoms with Gasteiger partial charge in [-0.05, 0) is 63.5 Å². The lowest BCUT2D eigenvalue weighted by Gasteiger charge is -2.31. The summed E-state index contributed by atoms with van der Waals surface area (Å²) in [5, 5.41) is 12.8. The quantitative estimate of drug-likeness (QED) is 0.467. The fourth-order valence-electron chi connectivity index (χ4n) is 4.39. The summed E-state index contributed by atoms with van der Waals surface area (Å²) in [7, 11) is 0. The van der Waals surface area contributed by atoms with E-state index in [2.05, 4.69) is 65.4 Å². The van der Waals surface area contributed by atoms with Gasteiger partial charge < -0.3 is 4.90 Å². The number of anilines is 1. The van der Waals surface area contributed by atoms with E-state index in [0.717, 1.165) is 62.4 Å². The van der Waals surface area contributed by atoms with Gasteiger partial charge in [-0.2, -0.15) is 5.26 Å². The van der Waals surface area contributed by atoms with Gasteiger partial charge in [0, 0.05) is 42.2 Å². The largest absolute Gasteiger partial charge is 0.372 e. The maximum absolute atomic E-state index is 9.32. The van der Waals surface area contributed by atoms with E-state index in [0.29, 0.717) is 5.92 Å². The third-order valence-electron chi connectivity index (χ3n) is 6.28. The number of nitriles is 1. The van der Waals surface area contributed by atoms with Gasteiger partial charge in [0.15, 0.2) is 0 Å². The molecule has 1 fully saturated rings. The van der Waals surface area contributed by atoms with E-state index >= 15 is 0 Å². The van der Waals surface area contributed by atoms with E-state index in [4.69, 9.17) is 4.98 Å². The Morgan fingerprint density at radius 3 is 2.45 bits per heavy atom. The van der Waals surface area contributed by atoms with Crippen LogP contribution >= 0.6 is 11.3 Å². The Morgan fingerprint density at radius 1 is 1.06 bits per heavy atom. The van der Waals surface area contributed by atoms with Crippen molar-refractivity contribution in [2.75, 3.05) is 31.1 Å². The molecule has 3 aromatic rings. The van der Waals surface area contributed by atoms with Crippen molar-refractivity contribution in [2.24, 2.45) is 0 Å². The summed E-state index contributed by atoms with van der Waals surface area (Å²) in [6.07, 6.45) is 2.26. The van der Waals surface area contributed by atoms with Crippen molar-refractivity contribution in [3.05, 3.63) is 70.0 Å². The highest BCUT2D eigenvalue weighted by Gasteiger charge is 2.23. The SMILES string of the molecule is CCN(CC)c1ccc(-c2csc(C3CCN(Cc4ccccc4C#N)CC3)n2)cc1. The molecule has 1 saturated heterocycles. The van der Waals surface area contributed by atoms with Crippen molar-refractivity contribution in [2.45, 2.75) is 39.2 Å².